The fraction of sp³-hybridized carbons (Fsp3) is 0.692. The highest BCUT2D eigenvalue weighted by atomic mass is 32.2. The van der Waals surface area contributed by atoms with Gasteiger partial charge < -0.3 is 5.32 Å². The first-order valence-electron chi connectivity index (χ1n) is 6.99. The predicted octanol–water partition coefficient (Wildman–Crippen LogP) is 0.0163. The second kappa shape index (κ2) is 6.15. The third-order valence-corrected chi connectivity index (χ3v) is 5.10. The molecule has 0 radical (unpaired) electrons. The Kier molecular flexibility index (Phi) is 4.67. The number of amides is 1. The first-order chi connectivity index (χ1) is 9.77. The van der Waals surface area contributed by atoms with Crippen LogP contribution in [0.1, 0.15) is 24.2 Å². The molecule has 1 aliphatic heterocycles. The molecule has 21 heavy (non-hydrogen) atoms. The van der Waals surface area contributed by atoms with Crippen molar-refractivity contribution in [2.24, 2.45) is 13.0 Å². The van der Waals surface area contributed by atoms with Crippen molar-refractivity contribution in [3.8, 4) is 0 Å². The molecule has 1 saturated heterocycles. The monoisotopic (exact) mass is 314 g/mol. The number of hydrogen-bond acceptors (Lipinski definition) is 4. The van der Waals surface area contributed by atoms with Crippen molar-refractivity contribution in [2.45, 2.75) is 26.3 Å². The van der Waals surface area contributed by atoms with E-state index in [1.165, 1.54) is 10.6 Å². The lowest BCUT2D eigenvalue weighted by Gasteiger charge is -2.30. The molecular weight excluding hydrogens is 292 g/mol. The van der Waals surface area contributed by atoms with Crippen molar-refractivity contribution in [3.63, 3.8) is 0 Å². The summed E-state index contributed by atoms with van der Waals surface area (Å²) >= 11 is 0. The standard InChI is InChI=1S/C13H22N4O3S/c1-10-7-12(15-16(10)2)8-14-13(18)11-5-4-6-17(9-11)21(3,19)20/h7,11H,4-6,8-9H2,1-3H3,(H,14,18). The lowest BCUT2D eigenvalue weighted by molar-refractivity contribution is -0.126. The van der Waals surface area contributed by atoms with Gasteiger partial charge >= 0.3 is 0 Å². The molecule has 0 aromatic carbocycles. The molecule has 1 N–H and O–H groups in total. The highest BCUT2D eigenvalue weighted by molar-refractivity contribution is 7.88. The van der Waals surface area contributed by atoms with E-state index < -0.39 is 10.0 Å². The van der Waals surface area contributed by atoms with Gasteiger partial charge in [-0.2, -0.15) is 5.10 Å². The summed E-state index contributed by atoms with van der Waals surface area (Å²) in [6, 6.07) is 1.92. The molecular formula is C13H22N4O3S. The van der Waals surface area contributed by atoms with Crippen molar-refractivity contribution in [3.05, 3.63) is 17.5 Å². The maximum absolute atomic E-state index is 12.2. The number of rotatable bonds is 4. The van der Waals surface area contributed by atoms with Crippen LogP contribution >= 0.6 is 0 Å². The maximum Gasteiger partial charge on any atom is 0.224 e. The molecule has 7 nitrogen and oxygen atoms in total. The molecule has 8 heteroatoms. The Hall–Kier alpha value is -1.41. The normalized spacial score (nSPS) is 20.4. The zero-order valence-corrected chi connectivity index (χ0v) is 13.5. The third-order valence-electron chi connectivity index (χ3n) is 3.83. The van der Waals surface area contributed by atoms with Crippen molar-refractivity contribution in [1.82, 2.24) is 19.4 Å². The quantitative estimate of drug-likeness (QED) is 0.849. The van der Waals surface area contributed by atoms with Crippen molar-refractivity contribution >= 4 is 15.9 Å². The smallest absolute Gasteiger partial charge is 0.224 e. The van der Waals surface area contributed by atoms with Crippen molar-refractivity contribution in [1.29, 1.82) is 0 Å². The number of nitrogens with zero attached hydrogens (tertiary/aromatic N) is 3. The lowest BCUT2D eigenvalue weighted by Crippen LogP contribution is -2.44. The summed E-state index contributed by atoms with van der Waals surface area (Å²) in [5.41, 5.74) is 1.83. The fourth-order valence-electron chi connectivity index (χ4n) is 2.50. The Bertz CT molecular complexity index is 604. The second-order valence-corrected chi connectivity index (χ2v) is 7.56. The largest absolute Gasteiger partial charge is 0.350 e. The Morgan fingerprint density at radius 1 is 1.52 bits per heavy atom. The van der Waals surface area contributed by atoms with Gasteiger partial charge in [0.15, 0.2) is 0 Å². The van der Waals surface area contributed by atoms with E-state index in [4.69, 9.17) is 0 Å². The highest BCUT2D eigenvalue weighted by Gasteiger charge is 2.30. The van der Waals surface area contributed by atoms with E-state index in [0.717, 1.165) is 17.8 Å². The van der Waals surface area contributed by atoms with E-state index in [9.17, 15) is 13.2 Å². The van der Waals surface area contributed by atoms with Crippen LogP contribution in [-0.2, 0) is 28.4 Å². The van der Waals surface area contributed by atoms with E-state index in [-0.39, 0.29) is 18.4 Å². The molecule has 118 valence electrons. The summed E-state index contributed by atoms with van der Waals surface area (Å²) in [6.07, 6.45) is 2.62. The van der Waals surface area contributed by atoms with Crippen LogP contribution in [0.15, 0.2) is 6.07 Å². The van der Waals surface area contributed by atoms with E-state index in [1.807, 2.05) is 20.0 Å². The molecule has 1 amide bonds. The van der Waals surface area contributed by atoms with Gasteiger partial charge in [0.05, 0.1) is 24.4 Å². The minimum Gasteiger partial charge on any atom is -0.350 e. The van der Waals surface area contributed by atoms with Crippen LogP contribution < -0.4 is 5.32 Å². The second-order valence-electron chi connectivity index (χ2n) is 5.58. The lowest BCUT2D eigenvalue weighted by atomic mass is 9.99. The number of hydrogen-bond donors (Lipinski definition) is 1. The molecule has 1 fully saturated rings. The maximum atomic E-state index is 12.2. The van der Waals surface area contributed by atoms with Gasteiger partial charge in [0.2, 0.25) is 15.9 Å². The molecule has 1 aliphatic rings. The molecule has 1 atom stereocenters. The molecule has 1 aromatic heterocycles. The fourth-order valence-corrected chi connectivity index (χ4v) is 3.41. The predicted molar refractivity (Wildman–Crippen MR) is 78.9 cm³/mol. The molecule has 0 saturated carbocycles. The first kappa shape index (κ1) is 16.0. The van der Waals surface area contributed by atoms with Gasteiger partial charge in [0.1, 0.15) is 0 Å². The number of carbonyl (C=O) groups is 1. The molecule has 1 aromatic rings. The van der Waals surface area contributed by atoms with Crippen LogP contribution in [0.2, 0.25) is 0 Å². The Morgan fingerprint density at radius 2 is 2.24 bits per heavy atom. The minimum absolute atomic E-state index is 0.105. The Balaban J connectivity index is 1.91. The van der Waals surface area contributed by atoms with E-state index in [2.05, 4.69) is 10.4 Å². The van der Waals surface area contributed by atoms with E-state index >= 15 is 0 Å². The number of aryl methyl sites for hydroxylation is 2. The van der Waals surface area contributed by atoms with Gasteiger partial charge in [-0.3, -0.25) is 9.48 Å². The Labute approximate surface area is 125 Å². The van der Waals surface area contributed by atoms with Crippen LogP contribution in [0.25, 0.3) is 0 Å². The SMILES string of the molecule is Cc1cc(CNC(=O)C2CCCN(S(C)(=O)=O)C2)nn1C. The number of carbonyl (C=O) groups excluding carboxylic acids is 1. The van der Waals surface area contributed by atoms with Crippen molar-refractivity contribution in [2.75, 3.05) is 19.3 Å². The van der Waals surface area contributed by atoms with E-state index in [1.54, 1.807) is 4.68 Å². The van der Waals surface area contributed by atoms with Crippen LogP contribution in [0.3, 0.4) is 0 Å². The molecule has 0 spiro atoms. The van der Waals surface area contributed by atoms with Crippen LogP contribution in [0, 0.1) is 12.8 Å². The third kappa shape index (κ3) is 4.04. The van der Waals surface area contributed by atoms with Gasteiger partial charge in [-0.15, -0.1) is 0 Å². The van der Waals surface area contributed by atoms with Gasteiger partial charge in [-0.25, -0.2) is 12.7 Å². The number of nitrogens with one attached hydrogen (secondary N) is 1. The van der Waals surface area contributed by atoms with Gasteiger partial charge in [0, 0.05) is 25.8 Å². The zero-order valence-electron chi connectivity index (χ0n) is 12.7. The first-order valence-corrected chi connectivity index (χ1v) is 8.84. The minimum atomic E-state index is -3.22. The van der Waals surface area contributed by atoms with E-state index in [0.29, 0.717) is 19.5 Å². The zero-order chi connectivity index (χ0) is 15.6. The number of aromatic nitrogens is 2. The molecule has 1 unspecified atom stereocenters. The Morgan fingerprint density at radius 3 is 2.81 bits per heavy atom. The average Bonchev–Trinajstić information content (AvgIpc) is 2.74. The van der Waals surface area contributed by atoms with Crippen LogP contribution in [0.5, 0.6) is 0 Å². The summed E-state index contributed by atoms with van der Waals surface area (Å²) in [5, 5.41) is 7.12. The summed E-state index contributed by atoms with van der Waals surface area (Å²) in [5.74, 6) is -0.384. The summed E-state index contributed by atoms with van der Waals surface area (Å²) < 4.78 is 26.2. The summed E-state index contributed by atoms with van der Waals surface area (Å²) in [6.45, 7) is 3.09. The van der Waals surface area contributed by atoms with Crippen LogP contribution in [-0.4, -0.2) is 47.8 Å². The van der Waals surface area contributed by atoms with Crippen molar-refractivity contribution < 1.29 is 13.2 Å². The number of sulfonamides is 1. The summed E-state index contributed by atoms with van der Waals surface area (Å²) in [4.78, 5) is 12.2. The summed E-state index contributed by atoms with van der Waals surface area (Å²) in [7, 11) is -1.37. The molecule has 0 bridgehead atoms. The molecule has 0 aliphatic carbocycles. The topological polar surface area (TPSA) is 84.3 Å². The average molecular weight is 314 g/mol. The number of piperidine rings is 1. The molecule has 2 rings (SSSR count). The van der Waals surface area contributed by atoms with Gasteiger partial charge in [-0.1, -0.05) is 0 Å². The van der Waals surface area contributed by atoms with Gasteiger partial charge in [-0.05, 0) is 25.8 Å². The highest BCUT2D eigenvalue weighted by Crippen LogP contribution is 2.18. The van der Waals surface area contributed by atoms with Gasteiger partial charge in [0.25, 0.3) is 0 Å². The van der Waals surface area contributed by atoms with Crippen LogP contribution in [0.4, 0.5) is 0 Å². The molecule has 2 heterocycles.